The van der Waals surface area contributed by atoms with E-state index >= 15 is 0 Å². The van der Waals surface area contributed by atoms with Crippen LogP contribution in [0, 0.1) is 0 Å². The molecular weight excluding hydrogens is 376 g/mol. The Labute approximate surface area is 168 Å². The van der Waals surface area contributed by atoms with E-state index in [1.807, 2.05) is 12.1 Å². The maximum absolute atomic E-state index is 6.21. The minimum Gasteiger partial charge on any atom is -0.460 e. The fourth-order valence-corrected chi connectivity index (χ4v) is 4.32. The molecule has 1 aliphatic carbocycles. The zero-order valence-electron chi connectivity index (χ0n) is 15.4. The highest BCUT2D eigenvalue weighted by atomic mass is 35.5. The zero-order valence-corrected chi connectivity index (χ0v) is 16.1. The van der Waals surface area contributed by atoms with Crippen LogP contribution in [-0.4, -0.2) is 30.8 Å². The number of fused-ring (bicyclic) bond motifs is 3. The summed E-state index contributed by atoms with van der Waals surface area (Å²) in [5.74, 6) is 2.35. The lowest BCUT2D eigenvalue weighted by Gasteiger charge is -2.28. The fourth-order valence-electron chi connectivity index (χ4n) is 4.13. The molecule has 0 spiro atoms. The summed E-state index contributed by atoms with van der Waals surface area (Å²) in [7, 11) is 0. The molecular formula is C20H21ClN6O. The Morgan fingerprint density at radius 2 is 1.86 bits per heavy atom. The average Bonchev–Trinajstić information content (AvgIpc) is 3.05. The molecule has 1 N–H and O–H groups in total. The predicted octanol–water partition coefficient (Wildman–Crippen LogP) is 3.42. The normalized spacial score (nSPS) is 21.5. The molecule has 5 rings (SSSR count). The van der Waals surface area contributed by atoms with Gasteiger partial charge in [0.25, 0.3) is 0 Å². The first-order chi connectivity index (χ1) is 13.8. The molecule has 0 unspecified atom stereocenters. The molecule has 1 fully saturated rings. The molecule has 1 saturated carbocycles. The summed E-state index contributed by atoms with van der Waals surface area (Å²) in [6.45, 7) is 1.47. The fraction of sp³-hybridized carbons (Fsp3) is 0.400. The van der Waals surface area contributed by atoms with E-state index in [1.165, 1.54) is 5.56 Å². The zero-order chi connectivity index (χ0) is 18.9. The molecule has 144 valence electrons. The van der Waals surface area contributed by atoms with Crippen molar-refractivity contribution in [2.24, 2.45) is 0 Å². The first-order valence-corrected chi connectivity index (χ1v) is 10.0. The van der Waals surface area contributed by atoms with Crippen molar-refractivity contribution in [3.8, 4) is 11.7 Å². The highest BCUT2D eigenvalue weighted by Gasteiger charge is 2.30. The van der Waals surface area contributed by atoms with Crippen LogP contribution in [0.3, 0.4) is 0 Å². The van der Waals surface area contributed by atoms with Crippen LogP contribution in [0.5, 0.6) is 6.01 Å². The minimum atomic E-state index is 0.151. The summed E-state index contributed by atoms with van der Waals surface area (Å²) in [5.41, 5.74) is 2.30. The first-order valence-electron chi connectivity index (χ1n) is 9.65. The van der Waals surface area contributed by atoms with E-state index in [1.54, 1.807) is 18.5 Å². The molecule has 1 aliphatic heterocycles. The molecule has 2 aromatic heterocycles. The van der Waals surface area contributed by atoms with Crippen molar-refractivity contribution >= 4 is 11.6 Å². The van der Waals surface area contributed by atoms with Gasteiger partial charge in [-0.25, -0.2) is 9.97 Å². The van der Waals surface area contributed by atoms with E-state index in [0.29, 0.717) is 18.5 Å². The van der Waals surface area contributed by atoms with E-state index in [2.05, 4.69) is 36.1 Å². The SMILES string of the molecule is Clc1ccc2c(c1)CNCc1nnc([C@H]3CC[C@@H](Oc4ncccn4)CC3)n1-2. The van der Waals surface area contributed by atoms with E-state index in [0.717, 1.165) is 54.6 Å². The third kappa shape index (κ3) is 3.36. The van der Waals surface area contributed by atoms with Crippen LogP contribution in [0.15, 0.2) is 36.7 Å². The number of rotatable bonds is 3. The predicted molar refractivity (Wildman–Crippen MR) is 105 cm³/mol. The van der Waals surface area contributed by atoms with Gasteiger partial charge in [-0.15, -0.1) is 10.2 Å². The molecule has 3 heterocycles. The Hall–Kier alpha value is -2.51. The van der Waals surface area contributed by atoms with Crippen molar-refractivity contribution in [2.75, 3.05) is 0 Å². The van der Waals surface area contributed by atoms with Crippen molar-refractivity contribution in [1.29, 1.82) is 0 Å². The number of ether oxygens (including phenoxy) is 1. The van der Waals surface area contributed by atoms with Crippen LogP contribution in [0.2, 0.25) is 5.02 Å². The maximum Gasteiger partial charge on any atom is 0.316 e. The Kier molecular flexibility index (Phi) is 4.70. The van der Waals surface area contributed by atoms with Gasteiger partial charge in [-0.2, -0.15) is 0 Å². The number of aromatic nitrogens is 5. The Morgan fingerprint density at radius 3 is 2.68 bits per heavy atom. The number of halogens is 1. The maximum atomic E-state index is 6.21. The lowest BCUT2D eigenvalue weighted by Crippen LogP contribution is -2.25. The van der Waals surface area contributed by atoms with E-state index in [4.69, 9.17) is 16.3 Å². The summed E-state index contributed by atoms with van der Waals surface area (Å²) in [6, 6.07) is 8.28. The number of nitrogens with one attached hydrogen (secondary N) is 1. The Morgan fingerprint density at radius 1 is 1.04 bits per heavy atom. The van der Waals surface area contributed by atoms with Crippen molar-refractivity contribution in [2.45, 2.75) is 50.8 Å². The molecule has 2 aliphatic rings. The van der Waals surface area contributed by atoms with Crippen LogP contribution in [0.25, 0.3) is 5.69 Å². The largest absolute Gasteiger partial charge is 0.460 e. The molecule has 8 heteroatoms. The monoisotopic (exact) mass is 396 g/mol. The quantitative estimate of drug-likeness (QED) is 0.730. The van der Waals surface area contributed by atoms with Crippen molar-refractivity contribution in [3.05, 3.63) is 58.9 Å². The van der Waals surface area contributed by atoms with Crippen LogP contribution in [0.1, 0.15) is 48.8 Å². The Bertz CT molecular complexity index is 968. The van der Waals surface area contributed by atoms with Crippen LogP contribution >= 0.6 is 11.6 Å². The van der Waals surface area contributed by atoms with Crippen molar-refractivity contribution in [1.82, 2.24) is 30.0 Å². The average molecular weight is 397 g/mol. The van der Waals surface area contributed by atoms with Gasteiger partial charge in [-0.3, -0.25) is 4.57 Å². The third-order valence-corrected chi connectivity index (χ3v) is 5.72. The lowest BCUT2D eigenvalue weighted by molar-refractivity contribution is 0.132. The van der Waals surface area contributed by atoms with Gasteiger partial charge in [0.2, 0.25) is 0 Å². The lowest BCUT2D eigenvalue weighted by atomic mass is 9.86. The van der Waals surface area contributed by atoms with Gasteiger partial charge in [-0.1, -0.05) is 11.6 Å². The smallest absolute Gasteiger partial charge is 0.316 e. The summed E-state index contributed by atoms with van der Waals surface area (Å²) in [6.07, 6.45) is 7.48. The molecule has 0 bridgehead atoms. The highest BCUT2D eigenvalue weighted by molar-refractivity contribution is 6.30. The molecule has 7 nitrogen and oxygen atoms in total. The first kappa shape index (κ1) is 17.6. The van der Waals surface area contributed by atoms with Gasteiger partial charge in [0.1, 0.15) is 11.9 Å². The highest BCUT2D eigenvalue weighted by Crippen LogP contribution is 2.36. The van der Waals surface area contributed by atoms with E-state index in [9.17, 15) is 0 Å². The molecule has 3 aromatic rings. The second-order valence-electron chi connectivity index (χ2n) is 7.31. The standard InChI is InChI=1S/C20H21ClN6O/c21-15-4-7-17-14(10-15)11-22-12-18-25-26-19(27(17)18)13-2-5-16(6-3-13)28-20-23-8-1-9-24-20/h1,4,7-10,13,16,22H,2-3,5-6,11-12H2/t13-,16+. The summed E-state index contributed by atoms with van der Waals surface area (Å²) in [5, 5.41) is 13.2. The van der Waals surface area contributed by atoms with Gasteiger partial charge < -0.3 is 10.1 Å². The van der Waals surface area contributed by atoms with Gasteiger partial charge in [-0.05, 0) is 55.5 Å². The van der Waals surface area contributed by atoms with Crippen LogP contribution in [0.4, 0.5) is 0 Å². The topological polar surface area (TPSA) is 77.8 Å². The van der Waals surface area contributed by atoms with Crippen molar-refractivity contribution < 1.29 is 4.74 Å². The summed E-state index contributed by atoms with van der Waals surface area (Å²) < 4.78 is 8.15. The summed E-state index contributed by atoms with van der Waals surface area (Å²) in [4.78, 5) is 8.33. The second kappa shape index (κ2) is 7.48. The van der Waals surface area contributed by atoms with Gasteiger partial charge >= 0.3 is 6.01 Å². The van der Waals surface area contributed by atoms with Gasteiger partial charge in [0.05, 0.1) is 12.2 Å². The minimum absolute atomic E-state index is 0.151. The van der Waals surface area contributed by atoms with Crippen LogP contribution < -0.4 is 10.1 Å². The second-order valence-corrected chi connectivity index (χ2v) is 7.75. The summed E-state index contributed by atoms with van der Waals surface area (Å²) >= 11 is 6.21. The molecule has 0 saturated heterocycles. The Balaban J connectivity index is 1.37. The molecule has 1 aromatic carbocycles. The molecule has 28 heavy (non-hydrogen) atoms. The third-order valence-electron chi connectivity index (χ3n) is 5.49. The van der Waals surface area contributed by atoms with Gasteiger partial charge in [0, 0.05) is 29.9 Å². The van der Waals surface area contributed by atoms with Crippen LogP contribution in [-0.2, 0) is 13.1 Å². The van der Waals surface area contributed by atoms with Gasteiger partial charge in [0.15, 0.2) is 5.82 Å². The molecule has 0 radical (unpaired) electrons. The number of benzene rings is 1. The van der Waals surface area contributed by atoms with E-state index < -0.39 is 0 Å². The molecule has 0 atom stereocenters. The molecule has 0 amide bonds. The number of hydrogen-bond acceptors (Lipinski definition) is 6. The number of hydrogen-bond donors (Lipinski definition) is 1. The van der Waals surface area contributed by atoms with Crippen molar-refractivity contribution in [3.63, 3.8) is 0 Å². The number of nitrogens with zero attached hydrogens (tertiary/aromatic N) is 5. The van der Waals surface area contributed by atoms with E-state index in [-0.39, 0.29) is 6.10 Å².